The van der Waals surface area contributed by atoms with E-state index in [0.717, 1.165) is 24.4 Å². The van der Waals surface area contributed by atoms with Crippen LogP contribution in [0.15, 0.2) is 35.7 Å². The molecule has 2 aliphatic heterocycles. The van der Waals surface area contributed by atoms with Gasteiger partial charge in [0.2, 0.25) is 0 Å². The Morgan fingerprint density at radius 1 is 1.11 bits per heavy atom. The Hall–Kier alpha value is -0.580. The van der Waals surface area contributed by atoms with Crippen LogP contribution in [0, 0.1) is 0 Å². The lowest BCUT2D eigenvalue weighted by atomic mass is 10.1. The predicted octanol–water partition coefficient (Wildman–Crippen LogP) is 3.78. The van der Waals surface area contributed by atoms with Crippen molar-refractivity contribution in [3.8, 4) is 0 Å². The quantitative estimate of drug-likeness (QED) is 0.828. The molecule has 4 heteroatoms. The summed E-state index contributed by atoms with van der Waals surface area (Å²) in [4.78, 5) is 2.33. The van der Waals surface area contributed by atoms with E-state index >= 15 is 0 Å². The maximum Gasteiger partial charge on any atom is 0.262 e. The predicted molar refractivity (Wildman–Crippen MR) is 80.2 cm³/mol. The zero-order valence-corrected chi connectivity index (χ0v) is 11.9. The summed E-state index contributed by atoms with van der Waals surface area (Å²) in [5.41, 5.74) is 1.12. The first kappa shape index (κ1) is 12.5. The molecule has 1 aromatic rings. The summed E-state index contributed by atoms with van der Waals surface area (Å²) in [5, 5.41) is 2.08. The molecule has 2 heterocycles. The number of nitrogens with zero attached hydrogens (tertiary/aromatic N) is 1. The highest BCUT2D eigenvalue weighted by atomic mass is 32.2. The molecule has 2 aliphatic rings. The fourth-order valence-electron chi connectivity index (χ4n) is 2.37. The normalized spacial score (nSPS) is 28.8. The molecule has 0 N–H and O–H groups in total. The SMILES string of the molecule is SC1(N2CCCCC2)OC(c2ccccc2)=CS1. The van der Waals surface area contributed by atoms with Crippen LogP contribution < -0.4 is 0 Å². The van der Waals surface area contributed by atoms with E-state index in [4.69, 9.17) is 17.4 Å². The summed E-state index contributed by atoms with van der Waals surface area (Å²) in [6.07, 6.45) is 3.81. The molecule has 0 aromatic heterocycles. The first-order chi connectivity index (χ1) is 8.78. The van der Waals surface area contributed by atoms with Gasteiger partial charge in [-0.25, -0.2) is 4.90 Å². The van der Waals surface area contributed by atoms with E-state index in [1.165, 1.54) is 19.3 Å². The fraction of sp³-hybridized carbons (Fsp3) is 0.429. The van der Waals surface area contributed by atoms with E-state index in [0.29, 0.717) is 0 Å². The van der Waals surface area contributed by atoms with Crippen LogP contribution in [0.4, 0.5) is 0 Å². The Morgan fingerprint density at radius 3 is 2.56 bits per heavy atom. The molecule has 0 spiro atoms. The molecule has 1 atom stereocenters. The third-order valence-electron chi connectivity index (χ3n) is 3.38. The zero-order chi connectivity index (χ0) is 12.4. The minimum Gasteiger partial charge on any atom is -0.453 e. The van der Waals surface area contributed by atoms with E-state index in [-0.39, 0.29) is 0 Å². The summed E-state index contributed by atoms with van der Waals surface area (Å²) in [7, 11) is 0. The van der Waals surface area contributed by atoms with Gasteiger partial charge in [-0.3, -0.25) is 0 Å². The molecule has 0 saturated carbocycles. The van der Waals surface area contributed by atoms with E-state index < -0.39 is 4.39 Å². The van der Waals surface area contributed by atoms with Crippen molar-refractivity contribution in [3.05, 3.63) is 41.3 Å². The monoisotopic (exact) mass is 279 g/mol. The van der Waals surface area contributed by atoms with Crippen LogP contribution in [0.25, 0.3) is 5.76 Å². The number of thiol groups is 1. The Bertz CT molecular complexity index is 442. The van der Waals surface area contributed by atoms with Gasteiger partial charge in [-0.1, -0.05) is 48.5 Å². The number of piperidine rings is 1. The van der Waals surface area contributed by atoms with Crippen molar-refractivity contribution >= 4 is 30.1 Å². The first-order valence-corrected chi connectivity index (χ1v) is 7.70. The lowest BCUT2D eigenvalue weighted by Gasteiger charge is -2.38. The average molecular weight is 279 g/mol. The highest BCUT2D eigenvalue weighted by Crippen LogP contribution is 2.47. The molecule has 0 bridgehead atoms. The molecular weight excluding hydrogens is 262 g/mol. The van der Waals surface area contributed by atoms with Crippen molar-refractivity contribution in [1.29, 1.82) is 0 Å². The molecule has 96 valence electrons. The molecule has 1 unspecified atom stereocenters. The van der Waals surface area contributed by atoms with Crippen molar-refractivity contribution in [3.63, 3.8) is 0 Å². The van der Waals surface area contributed by atoms with E-state index in [1.807, 2.05) is 18.2 Å². The molecule has 3 rings (SSSR count). The van der Waals surface area contributed by atoms with Gasteiger partial charge in [0.1, 0.15) is 5.76 Å². The summed E-state index contributed by atoms with van der Waals surface area (Å²) in [6, 6.07) is 10.2. The number of thioether (sulfide) groups is 1. The number of ether oxygens (including phenoxy) is 1. The Kier molecular flexibility index (Phi) is 3.59. The van der Waals surface area contributed by atoms with Crippen molar-refractivity contribution in [2.45, 2.75) is 23.7 Å². The van der Waals surface area contributed by atoms with Crippen LogP contribution >= 0.6 is 24.4 Å². The highest BCUT2D eigenvalue weighted by Gasteiger charge is 2.40. The second-order valence-corrected chi connectivity index (χ2v) is 6.60. The topological polar surface area (TPSA) is 12.5 Å². The van der Waals surface area contributed by atoms with Crippen LogP contribution in [0.3, 0.4) is 0 Å². The van der Waals surface area contributed by atoms with Gasteiger partial charge >= 0.3 is 0 Å². The van der Waals surface area contributed by atoms with Crippen molar-refractivity contribution in [2.24, 2.45) is 0 Å². The van der Waals surface area contributed by atoms with Crippen LogP contribution in [0.2, 0.25) is 0 Å². The number of likely N-dealkylation sites (tertiary alicyclic amines) is 1. The Morgan fingerprint density at radius 2 is 1.83 bits per heavy atom. The number of hydrogen-bond acceptors (Lipinski definition) is 4. The van der Waals surface area contributed by atoms with Gasteiger partial charge in [-0.05, 0) is 12.8 Å². The summed E-state index contributed by atoms with van der Waals surface area (Å²) in [6.45, 7) is 2.15. The number of rotatable bonds is 2. The zero-order valence-electron chi connectivity index (χ0n) is 10.2. The van der Waals surface area contributed by atoms with Gasteiger partial charge in [-0.15, -0.1) is 12.6 Å². The van der Waals surface area contributed by atoms with Gasteiger partial charge in [-0.2, -0.15) is 0 Å². The first-order valence-electron chi connectivity index (χ1n) is 6.38. The summed E-state index contributed by atoms with van der Waals surface area (Å²) < 4.78 is 5.58. The molecule has 1 saturated heterocycles. The number of benzene rings is 1. The van der Waals surface area contributed by atoms with E-state index in [1.54, 1.807) is 11.8 Å². The van der Waals surface area contributed by atoms with Gasteiger partial charge in [0, 0.05) is 24.1 Å². The summed E-state index contributed by atoms with van der Waals surface area (Å²) in [5.74, 6) is 0.932. The molecule has 1 aromatic carbocycles. The van der Waals surface area contributed by atoms with Crippen LogP contribution in [0.1, 0.15) is 24.8 Å². The molecule has 18 heavy (non-hydrogen) atoms. The van der Waals surface area contributed by atoms with Gasteiger partial charge in [0.25, 0.3) is 4.39 Å². The molecular formula is C14H17NOS2. The number of hydrogen-bond donors (Lipinski definition) is 1. The second kappa shape index (κ2) is 5.19. The minimum atomic E-state index is -0.508. The Labute approximate surface area is 118 Å². The third-order valence-corrected chi connectivity index (χ3v) is 5.05. The Balaban J connectivity index is 1.73. The minimum absolute atomic E-state index is 0.508. The maximum absolute atomic E-state index is 6.09. The van der Waals surface area contributed by atoms with Crippen molar-refractivity contribution in [1.82, 2.24) is 4.90 Å². The van der Waals surface area contributed by atoms with Crippen molar-refractivity contribution in [2.75, 3.05) is 13.1 Å². The third kappa shape index (κ3) is 2.42. The van der Waals surface area contributed by atoms with Crippen molar-refractivity contribution < 1.29 is 4.74 Å². The smallest absolute Gasteiger partial charge is 0.262 e. The summed E-state index contributed by atoms with van der Waals surface area (Å²) >= 11 is 6.41. The largest absolute Gasteiger partial charge is 0.453 e. The molecule has 0 aliphatic carbocycles. The standard InChI is InChI=1S/C14H17NOS2/c17-14(15-9-5-2-6-10-15)16-13(11-18-14)12-7-3-1-4-8-12/h1,3-4,7-8,11,17H,2,5-6,9-10H2. The molecule has 0 radical (unpaired) electrons. The lowest BCUT2D eigenvalue weighted by Crippen LogP contribution is -2.44. The lowest BCUT2D eigenvalue weighted by molar-refractivity contribution is 0.0376. The van der Waals surface area contributed by atoms with Gasteiger partial charge < -0.3 is 4.74 Å². The molecule has 2 nitrogen and oxygen atoms in total. The average Bonchev–Trinajstić information content (AvgIpc) is 2.85. The van der Waals surface area contributed by atoms with E-state index in [9.17, 15) is 0 Å². The maximum atomic E-state index is 6.09. The fourth-order valence-corrected chi connectivity index (χ4v) is 3.74. The van der Waals surface area contributed by atoms with Crippen LogP contribution in [0.5, 0.6) is 0 Å². The highest BCUT2D eigenvalue weighted by molar-refractivity contribution is 8.13. The van der Waals surface area contributed by atoms with Gasteiger partial charge in [0.15, 0.2) is 0 Å². The molecule has 1 fully saturated rings. The van der Waals surface area contributed by atoms with E-state index in [2.05, 4.69) is 22.4 Å². The second-order valence-electron chi connectivity index (χ2n) is 4.66. The molecule has 0 amide bonds. The van der Waals surface area contributed by atoms with Crippen LogP contribution in [-0.4, -0.2) is 22.4 Å². The van der Waals surface area contributed by atoms with Gasteiger partial charge in [0.05, 0.1) is 0 Å². The van der Waals surface area contributed by atoms with Crippen LogP contribution in [-0.2, 0) is 4.74 Å².